The van der Waals surface area contributed by atoms with E-state index in [1.54, 1.807) is 7.11 Å². The van der Waals surface area contributed by atoms with E-state index in [0.717, 1.165) is 23.1 Å². The van der Waals surface area contributed by atoms with Crippen LogP contribution in [0.2, 0.25) is 0 Å². The fraction of sp³-hybridized carbons (Fsp3) is 0.300. The maximum Gasteiger partial charge on any atom is 0.214 e. The van der Waals surface area contributed by atoms with E-state index in [1.165, 1.54) is 0 Å². The van der Waals surface area contributed by atoms with Crippen LogP contribution in [0.1, 0.15) is 5.56 Å². The smallest absolute Gasteiger partial charge is 0.214 e. The Morgan fingerprint density at radius 3 is 2.57 bits per heavy atom. The third kappa shape index (κ3) is 3.40. The predicted octanol–water partition coefficient (Wildman–Crippen LogP) is 1.45. The van der Waals surface area contributed by atoms with Crippen LogP contribution in [0.25, 0.3) is 0 Å². The normalized spacial score (nSPS) is 9.86. The first-order chi connectivity index (χ1) is 6.76. The third-order valence-corrected chi connectivity index (χ3v) is 2.62. The average Bonchev–Trinajstić information content (AvgIpc) is 2.26. The van der Waals surface area contributed by atoms with Gasteiger partial charge in [0.05, 0.1) is 7.11 Å². The van der Waals surface area contributed by atoms with Gasteiger partial charge in [0.2, 0.25) is 5.12 Å². The Bertz CT molecular complexity index is 295. The maximum absolute atomic E-state index is 10.8. The minimum Gasteiger partial charge on any atom is -0.497 e. The molecule has 0 fully saturated rings. The molecule has 0 aromatic heterocycles. The molecule has 0 aliphatic heterocycles. The monoisotopic (exact) mass is 212 g/mol. The Morgan fingerprint density at radius 1 is 1.43 bits per heavy atom. The molecule has 0 spiro atoms. The summed E-state index contributed by atoms with van der Waals surface area (Å²) in [6.07, 6.45) is 0. The molecule has 3 nitrogen and oxygen atoms in total. The lowest BCUT2D eigenvalue weighted by Gasteiger charge is -2.01. The van der Waals surface area contributed by atoms with Gasteiger partial charge in [-0.2, -0.15) is 0 Å². The van der Waals surface area contributed by atoms with Crippen LogP contribution in [0.4, 0.5) is 0 Å². The number of carbonyl (C=O) groups is 1. The number of benzene rings is 1. The lowest BCUT2D eigenvalue weighted by molar-refractivity contribution is -0.113. The average molecular weight is 212 g/mol. The van der Waals surface area contributed by atoms with Gasteiger partial charge in [-0.15, -0.1) is 0 Å². The predicted molar refractivity (Wildman–Crippen MR) is 56.4 cm³/mol. The molecule has 0 aliphatic rings. The Morgan fingerprint density at radius 2 is 2.07 bits per heavy atom. The molecule has 1 N–H and O–H groups in total. The van der Waals surface area contributed by atoms with E-state index in [2.05, 4.69) is 0 Å². The number of aliphatic hydroxyl groups excluding tert-OH is 1. The summed E-state index contributed by atoms with van der Waals surface area (Å²) in [7, 11) is 1.61. The number of aliphatic hydroxyl groups is 1. The molecular weight excluding hydrogens is 200 g/mol. The van der Waals surface area contributed by atoms with Gasteiger partial charge in [0.25, 0.3) is 0 Å². The number of methoxy groups -OCH3 is 1. The molecule has 0 saturated carbocycles. The molecule has 76 valence electrons. The lowest BCUT2D eigenvalue weighted by Crippen LogP contribution is -1.97. The molecule has 0 atom stereocenters. The van der Waals surface area contributed by atoms with E-state index < -0.39 is 6.61 Å². The zero-order valence-corrected chi connectivity index (χ0v) is 8.71. The van der Waals surface area contributed by atoms with Crippen molar-refractivity contribution in [2.75, 3.05) is 13.7 Å². The standard InChI is InChI=1S/C10H12O3S/c1-13-9-4-2-8(3-5-9)7-14-10(12)6-11/h2-5,11H,6-7H2,1H3. The van der Waals surface area contributed by atoms with Crippen LogP contribution in [-0.2, 0) is 10.5 Å². The van der Waals surface area contributed by atoms with Crippen LogP contribution in [0.3, 0.4) is 0 Å². The molecule has 4 heteroatoms. The largest absolute Gasteiger partial charge is 0.497 e. The molecule has 0 saturated heterocycles. The van der Waals surface area contributed by atoms with Crippen molar-refractivity contribution in [1.29, 1.82) is 0 Å². The molecule has 0 unspecified atom stereocenters. The fourth-order valence-corrected chi connectivity index (χ4v) is 1.54. The minimum atomic E-state index is -0.402. The Labute approximate surface area is 87.1 Å². The van der Waals surface area contributed by atoms with E-state index in [-0.39, 0.29) is 5.12 Å². The first kappa shape index (κ1) is 11.1. The molecule has 1 rings (SSSR count). The van der Waals surface area contributed by atoms with Gasteiger partial charge in [-0.25, -0.2) is 0 Å². The first-order valence-corrected chi connectivity index (χ1v) is 5.14. The summed E-state index contributed by atoms with van der Waals surface area (Å²) >= 11 is 1.11. The van der Waals surface area contributed by atoms with E-state index in [1.807, 2.05) is 24.3 Å². The Hall–Kier alpha value is -1.00. The van der Waals surface area contributed by atoms with Crippen molar-refractivity contribution in [3.63, 3.8) is 0 Å². The number of carbonyl (C=O) groups excluding carboxylic acids is 1. The SMILES string of the molecule is COc1ccc(CSC(=O)CO)cc1. The zero-order valence-electron chi connectivity index (χ0n) is 7.90. The molecule has 0 aliphatic carbocycles. The summed E-state index contributed by atoms with van der Waals surface area (Å²) in [4.78, 5) is 10.8. The molecule has 1 aromatic carbocycles. The van der Waals surface area contributed by atoms with Crippen molar-refractivity contribution in [2.45, 2.75) is 5.75 Å². The molecule has 0 heterocycles. The van der Waals surface area contributed by atoms with Crippen molar-refractivity contribution >= 4 is 16.9 Å². The highest BCUT2D eigenvalue weighted by molar-refractivity contribution is 8.13. The van der Waals surface area contributed by atoms with Gasteiger partial charge >= 0.3 is 0 Å². The van der Waals surface area contributed by atoms with Crippen molar-refractivity contribution in [1.82, 2.24) is 0 Å². The summed E-state index contributed by atoms with van der Waals surface area (Å²) in [6, 6.07) is 7.49. The number of hydrogen-bond acceptors (Lipinski definition) is 4. The second-order valence-electron chi connectivity index (χ2n) is 2.67. The van der Waals surface area contributed by atoms with Crippen molar-refractivity contribution in [3.05, 3.63) is 29.8 Å². The van der Waals surface area contributed by atoms with E-state index >= 15 is 0 Å². The maximum atomic E-state index is 10.8. The van der Waals surface area contributed by atoms with Crippen LogP contribution in [0.15, 0.2) is 24.3 Å². The second-order valence-corrected chi connectivity index (χ2v) is 3.70. The van der Waals surface area contributed by atoms with E-state index in [9.17, 15) is 4.79 Å². The van der Waals surface area contributed by atoms with Gasteiger partial charge in [-0.1, -0.05) is 23.9 Å². The van der Waals surface area contributed by atoms with Crippen LogP contribution in [0, 0.1) is 0 Å². The summed E-state index contributed by atoms with van der Waals surface area (Å²) in [5, 5.41) is 8.30. The number of ether oxygens (including phenoxy) is 1. The Balaban J connectivity index is 2.47. The van der Waals surface area contributed by atoms with Crippen LogP contribution >= 0.6 is 11.8 Å². The number of hydrogen-bond donors (Lipinski definition) is 1. The summed E-state index contributed by atoms with van der Waals surface area (Å²) < 4.78 is 5.00. The van der Waals surface area contributed by atoms with Crippen LogP contribution < -0.4 is 4.74 Å². The van der Waals surface area contributed by atoms with Gasteiger partial charge in [0.15, 0.2) is 0 Å². The van der Waals surface area contributed by atoms with Crippen molar-refractivity contribution < 1.29 is 14.6 Å². The van der Waals surface area contributed by atoms with Crippen LogP contribution in [0.5, 0.6) is 5.75 Å². The second kappa shape index (κ2) is 5.67. The highest BCUT2D eigenvalue weighted by Gasteiger charge is 2.01. The third-order valence-electron chi connectivity index (χ3n) is 1.69. The highest BCUT2D eigenvalue weighted by Crippen LogP contribution is 2.16. The number of thioether (sulfide) groups is 1. The van der Waals surface area contributed by atoms with Gasteiger partial charge in [-0.3, -0.25) is 4.79 Å². The van der Waals surface area contributed by atoms with Gasteiger partial charge < -0.3 is 9.84 Å². The van der Waals surface area contributed by atoms with E-state index in [0.29, 0.717) is 5.75 Å². The minimum absolute atomic E-state index is 0.208. The quantitative estimate of drug-likeness (QED) is 0.820. The molecule has 1 aromatic rings. The fourth-order valence-electron chi connectivity index (χ4n) is 0.931. The summed E-state index contributed by atoms with van der Waals surface area (Å²) in [6.45, 7) is -0.402. The van der Waals surface area contributed by atoms with E-state index in [4.69, 9.17) is 9.84 Å². The highest BCUT2D eigenvalue weighted by atomic mass is 32.2. The summed E-state index contributed by atoms with van der Waals surface area (Å²) in [5.41, 5.74) is 1.04. The van der Waals surface area contributed by atoms with Crippen LogP contribution in [-0.4, -0.2) is 23.9 Å². The molecule has 0 radical (unpaired) electrons. The van der Waals surface area contributed by atoms with Gasteiger partial charge in [0, 0.05) is 5.75 Å². The lowest BCUT2D eigenvalue weighted by atomic mass is 10.2. The topological polar surface area (TPSA) is 46.5 Å². The molecule has 14 heavy (non-hydrogen) atoms. The van der Waals surface area contributed by atoms with Crippen molar-refractivity contribution in [3.8, 4) is 5.75 Å². The first-order valence-electron chi connectivity index (χ1n) is 4.15. The zero-order chi connectivity index (χ0) is 10.4. The van der Waals surface area contributed by atoms with Gasteiger partial charge in [0.1, 0.15) is 12.4 Å². The Kier molecular flexibility index (Phi) is 4.49. The van der Waals surface area contributed by atoms with Crippen molar-refractivity contribution in [2.24, 2.45) is 0 Å². The number of rotatable bonds is 4. The van der Waals surface area contributed by atoms with Gasteiger partial charge in [-0.05, 0) is 17.7 Å². The molecule has 0 amide bonds. The molecular formula is C10H12O3S. The summed E-state index contributed by atoms with van der Waals surface area (Å²) in [5.74, 6) is 1.39. The molecule has 0 bridgehead atoms.